The van der Waals surface area contributed by atoms with Crippen molar-refractivity contribution in [2.24, 2.45) is 11.8 Å². The summed E-state index contributed by atoms with van der Waals surface area (Å²) in [4.78, 5) is 11.8. The third-order valence-electron chi connectivity index (χ3n) is 7.16. The summed E-state index contributed by atoms with van der Waals surface area (Å²) in [6, 6.07) is 8.74. The molecule has 0 radical (unpaired) electrons. The molecule has 3 heterocycles. The quantitative estimate of drug-likeness (QED) is 0.385. The number of aromatic amines is 1. The number of halogens is 1. The number of benzene rings is 2. The van der Waals surface area contributed by atoms with Crippen LogP contribution in [0.15, 0.2) is 36.7 Å². The van der Waals surface area contributed by atoms with E-state index in [1.54, 1.807) is 31.4 Å². The van der Waals surface area contributed by atoms with Gasteiger partial charge in [0, 0.05) is 35.8 Å². The average Bonchev–Trinajstić information content (AvgIpc) is 3.26. The highest BCUT2D eigenvalue weighted by atomic mass is 19.1. The normalized spacial score (nSPS) is 21.9. The number of rotatable bonds is 7. The fourth-order valence-corrected chi connectivity index (χ4v) is 5.19. The molecule has 2 N–H and O–H groups in total. The first-order valence-electron chi connectivity index (χ1n) is 12.3. The van der Waals surface area contributed by atoms with Gasteiger partial charge in [0.1, 0.15) is 6.33 Å². The Bertz CT molecular complexity index is 1400. The molecular weight excluding hydrogens is 463 g/mol. The lowest BCUT2D eigenvalue weighted by Crippen LogP contribution is -2.47. The van der Waals surface area contributed by atoms with Gasteiger partial charge in [0.25, 0.3) is 0 Å². The minimum Gasteiger partial charge on any atom is -0.493 e. The maximum absolute atomic E-state index is 15.1. The van der Waals surface area contributed by atoms with E-state index in [9.17, 15) is 0 Å². The van der Waals surface area contributed by atoms with E-state index in [2.05, 4.69) is 20.3 Å². The number of hydrogen-bond acceptors (Lipinski definition) is 7. The van der Waals surface area contributed by atoms with Gasteiger partial charge in [0.15, 0.2) is 23.1 Å². The minimum atomic E-state index is -0.441. The fourth-order valence-electron chi connectivity index (χ4n) is 5.19. The standard InChI is InChI=1S/C27H29FN4O4/c1-15-7-18-20(32-15)3-4-22(26(18)28)36-27-19-10-23(33-2)24(11-21(19)30-14-31-27)35-13-16-8-17(9-16)25-12-29-5-6-34-25/h3-4,7,10-11,14,16-17,25,29,32H,5-6,8-9,12-13H2,1-2H3. The van der Waals surface area contributed by atoms with E-state index in [4.69, 9.17) is 18.9 Å². The van der Waals surface area contributed by atoms with Crippen molar-refractivity contribution in [1.29, 1.82) is 0 Å². The van der Waals surface area contributed by atoms with E-state index < -0.39 is 5.82 Å². The van der Waals surface area contributed by atoms with Crippen LogP contribution >= 0.6 is 0 Å². The van der Waals surface area contributed by atoms with Gasteiger partial charge in [-0.05, 0) is 55.9 Å². The topological polar surface area (TPSA) is 90.5 Å². The zero-order chi connectivity index (χ0) is 24.6. The largest absolute Gasteiger partial charge is 0.493 e. The third kappa shape index (κ3) is 4.33. The van der Waals surface area contributed by atoms with Crippen LogP contribution in [-0.2, 0) is 4.74 Å². The first-order chi connectivity index (χ1) is 17.6. The van der Waals surface area contributed by atoms with Crippen molar-refractivity contribution < 1.29 is 23.3 Å². The number of ether oxygens (including phenoxy) is 4. The van der Waals surface area contributed by atoms with Gasteiger partial charge in [-0.3, -0.25) is 0 Å². The molecule has 8 nitrogen and oxygen atoms in total. The van der Waals surface area contributed by atoms with Crippen LogP contribution < -0.4 is 19.5 Å². The molecule has 9 heteroatoms. The summed E-state index contributed by atoms with van der Waals surface area (Å²) in [7, 11) is 1.59. The van der Waals surface area contributed by atoms with Gasteiger partial charge >= 0.3 is 0 Å². The van der Waals surface area contributed by atoms with Gasteiger partial charge in [-0.15, -0.1) is 0 Å². The van der Waals surface area contributed by atoms with Gasteiger partial charge in [-0.25, -0.2) is 14.4 Å². The molecule has 1 unspecified atom stereocenters. The lowest BCUT2D eigenvalue weighted by Gasteiger charge is -2.41. The summed E-state index contributed by atoms with van der Waals surface area (Å²) in [5, 5.41) is 4.48. The molecule has 1 atom stereocenters. The van der Waals surface area contributed by atoms with E-state index in [1.165, 1.54) is 6.33 Å². The van der Waals surface area contributed by atoms with E-state index in [0.29, 0.717) is 57.9 Å². The van der Waals surface area contributed by atoms with Crippen LogP contribution in [-0.4, -0.2) is 54.5 Å². The molecule has 6 rings (SSSR count). The van der Waals surface area contributed by atoms with E-state index >= 15 is 4.39 Å². The van der Waals surface area contributed by atoms with Crippen LogP contribution in [0.4, 0.5) is 4.39 Å². The molecule has 0 spiro atoms. The zero-order valence-corrected chi connectivity index (χ0v) is 20.3. The molecule has 1 saturated heterocycles. The maximum atomic E-state index is 15.1. The van der Waals surface area contributed by atoms with Gasteiger partial charge < -0.3 is 29.2 Å². The smallest absolute Gasteiger partial charge is 0.230 e. The maximum Gasteiger partial charge on any atom is 0.230 e. The Morgan fingerprint density at radius 2 is 1.97 bits per heavy atom. The van der Waals surface area contributed by atoms with Crippen LogP contribution in [0.1, 0.15) is 18.5 Å². The number of methoxy groups -OCH3 is 1. The third-order valence-corrected chi connectivity index (χ3v) is 7.16. The zero-order valence-electron chi connectivity index (χ0n) is 20.3. The van der Waals surface area contributed by atoms with Crippen LogP contribution in [0, 0.1) is 24.6 Å². The van der Waals surface area contributed by atoms with E-state index in [-0.39, 0.29) is 11.6 Å². The number of aromatic nitrogens is 3. The highest BCUT2D eigenvalue weighted by molar-refractivity contribution is 5.87. The van der Waals surface area contributed by atoms with Crippen LogP contribution in [0.25, 0.3) is 21.8 Å². The number of nitrogens with one attached hydrogen (secondary N) is 2. The van der Waals surface area contributed by atoms with Gasteiger partial charge in [-0.1, -0.05) is 0 Å². The summed E-state index contributed by atoms with van der Waals surface area (Å²) in [5.41, 5.74) is 2.22. The summed E-state index contributed by atoms with van der Waals surface area (Å²) >= 11 is 0. The Labute approximate surface area is 208 Å². The highest BCUT2D eigenvalue weighted by Crippen LogP contribution is 2.40. The number of nitrogens with zero attached hydrogens (tertiary/aromatic N) is 2. The molecule has 2 aromatic heterocycles. The van der Waals surface area contributed by atoms with Crippen molar-refractivity contribution in [1.82, 2.24) is 20.3 Å². The van der Waals surface area contributed by atoms with Crippen molar-refractivity contribution >= 4 is 21.8 Å². The molecule has 188 valence electrons. The monoisotopic (exact) mass is 492 g/mol. The van der Waals surface area contributed by atoms with E-state index in [1.807, 2.05) is 13.0 Å². The van der Waals surface area contributed by atoms with Crippen LogP contribution in [0.5, 0.6) is 23.1 Å². The predicted molar refractivity (Wildman–Crippen MR) is 133 cm³/mol. The predicted octanol–water partition coefficient (Wildman–Crippen LogP) is 4.75. The fraction of sp³-hybridized carbons (Fsp3) is 0.407. The Kier molecular flexibility index (Phi) is 6.10. The molecule has 0 amide bonds. The molecule has 2 fully saturated rings. The molecule has 2 aromatic carbocycles. The molecule has 0 bridgehead atoms. The lowest BCUT2D eigenvalue weighted by atomic mass is 9.72. The second-order valence-corrected chi connectivity index (χ2v) is 9.61. The van der Waals surface area contributed by atoms with Crippen molar-refractivity contribution in [3.8, 4) is 23.1 Å². The molecule has 1 aliphatic carbocycles. The van der Waals surface area contributed by atoms with Crippen LogP contribution in [0.3, 0.4) is 0 Å². The molecule has 2 aliphatic rings. The van der Waals surface area contributed by atoms with Crippen LogP contribution in [0.2, 0.25) is 0 Å². The Balaban J connectivity index is 1.19. The summed E-state index contributed by atoms with van der Waals surface area (Å²) in [6.45, 7) is 5.15. The second-order valence-electron chi connectivity index (χ2n) is 9.61. The van der Waals surface area contributed by atoms with E-state index in [0.717, 1.165) is 38.2 Å². The average molecular weight is 493 g/mol. The summed E-state index contributed by atoms with van der Waals surface area (Å²) in [5.74, 6) is 2.14. The minimum absolute atomic E-state index is 0.0949. The first kappa shape index (κ1) is 23.0. The van der Waals surface area contributed by atoms with Crippen molar-refractivity contribution in [2.45, 2.75) is 25.9 Å². The summed E-state index contributed by atoms with van der Waals surface area (Å²) in [6.07, 6.45) is 3.91. The number of hydrogen-bond donors (Lipinski definition) is 2. The number of aryl methyl sites for hydroxylation is 1. The SMILES string of the molecule is COc1cc2c(Oc3ccc4[nH]c(C)cc4c3F)ncnc2cc1OCC1CC(C2CNCCO2)C1. The number of fused-ring (bicyclic) bond motifs is 2. The number of morpholine rings is 1. The molecule has 1 saturated carbocycles. The second kappa shape index (κ2) is 9.55. The first-order valence-corrected chi connectivity index (χ1v) is 12.3. The molecule has 4 aromatic rings. The Morgan fingerprint density at radius 3 is 2.78 bits per heavy atom. The Morgan fingerprint density at radius 1 is 1.08 bits per heavy atom. The lowest BCUT2D eigenvalue weighted by molar-refractivity contribution is -0.0550. The van der Waals surface area contributed by atoms with Gasteiger partial charge in [0.05, 0.1) is 37.3 Å². The highest BCUT2D eigenvalue weighted by Gasteiger charge is 2.36. The van der Waals surface area contributed by atoms with Gasteiger partial charge in [-0.2, -0.15) is 0 Å². The van der Waals surface area contributed by atoms with Crippen molar-refractivity contribution in [3.63, 3.8) is 0 Å². The molecule has 36 heavy (non-hydrogen) atoms. The summed E-state index contributed by atoms with van der Waals surface area (Å²) < 4.78 is 38.7. The van der Waals surface area contributed by atoms with Crippen molar-refractivity contribution in [3.05, 3.63) is 48.2 Å². The number of H-pyrrole nitrogens is 1. The van der Waals surface area contributed by atoms with Gasteiger partial charge in [0.2, 0.25) is 5.88 Å². The van der Waals surface area contributed by atoms with Crippen molar-refractivity contribution in [2.75, 3.05) is 33.4 Å². The molecule has 1 aliphatic heterocycles. The molecular formula is C27H29FN4O4. The Hall–Kier alpha value is -3.43.